The van der Waals surface area contributed by atoms with Gasteiger partial charge in [0.25, 0.3) is 0 Å². The first kappa shape index (κ1) is 12.5. The van der Waals surface area contributed by atoms with Crippen LogP contribution in [0.2, 0.25) is 0 Å². The third kappa shape index (κ3) is 2.66. The van der Waals surface area contributed by atoms with E-state index in [9.17, 15) is 14.3 Å². The molecular formula is C12H13BrFNO2. The molecule has 1 heterocycles. The molecule has 1 fully saturated rings. The quantitative estimate of drug-likeness (QED) is 0.933. The largest absolute Gasteiger partial charge is 0.480 e. The van der Waals surface area contributed by atoms with E-state index in [1.807, 2.05) is 4.90 Å². The van der Waals surface area contributed by atoms with Crippen LogP contribution in [0.15, 0.2) is 22.7 Å². The molecule has 0 spiro atoms. The van der Waals surface area contributed by atoms with E-state index in [2.05, 4.69) is 15.9 Å². The Kier molecular flexibility index (Phi) is 3.79. The molecule has 1 unspecified atom stereocenters. The maximum atomic E-state index is 13.0. The summed E-state index contributed by atoms with van der Waals surface area (Å²) in [6.45, 7) is 1.56. The monoisotopic (exact) mass is 301 g/mol. The highest BCUT2D eigenvalue weighted by molar-refractivity contribution is 9.10. The van der Waals surface area contributed by atoms with Gasteiger partial charge in [0, 0.05) is 4.47 Å². The molecule has 2 rings (SSSR count). The maximum Gasteiger partial charge on any atom is 0.325 e. The highest BCUT2D eigenvalue weighted by Gasteiger charge is 2.30. The molecule has 0 bridgehead atoms. The summed E-state index contributed by atoms with van der Waals surface area (Å²) in [5, 5.41) is 9.32. The predicted molar refractivity (Wildman–Crippen MR) is 65.3 cm³/mol. The van der Waals surface area contributed by atoms with Gasteiger partial charge in [-0.15, -0.1) is 0 Å². The lowest BCUT2D eigenvalue weighted by Crippen LogP contribution is -2.32. The highest BCUT2D eigenvalue weighted by Crippen LogP contribution is 2.31. The molecule has 1 atom stereocenters. The minimum atomic E-state index is -0.890. The Bertz CT molecular complexity index is 433. The fraction of sp³-hybridized carbons (Fsp3) is 0.417. The van der Waals surface area contributed by atoms with E-state index in [0.29, 0.717) is 10.0 Å². The molecule has 0 aromatic heterocycles. The summed E-state index contributed by atoms with van der Waals surface area (Å²) in [6, 6.07) is 3.46. The van der Waals surface area contributed by atoms with Crippen LogP contribution in [0.1, 0.15) is 24.4 Å². The van der Waals surface area contributed by atoms with Crippen LogP contribution in [-0.2, 0) is 4.79 Å². The summed E-state index contributed by atoms with van der Waals surface area (Å²) >= 11 is 3.23. The van der Waals surface area contributed by atoms with Crippen LogP contribution in [-0.4, -0.2) is 29.1 Å². The van der Waals surface area contributed by atoms with Crippen molar-refractivity contribution in [2.24, 2.45) is 0 Å². The minimum Gasteiger partial charge on any atom is -0.480 e. The molecule has 1 aliphatic heterocycles. The van der Waals surface area contributed by atoms with Gasteiger partial charge in [0.1, 0.15) is 11.9 Å². The molecule has 1 aromatic rings. The van der Waals surface area contributed by atoms with Crippen molar-refractivity contribution in [3.05, 3.63) is 34.1 Å². The van der Waals surface area contributed by atoms with Crippen molar-refractivity contribution in [3.8, 4) is 0 Å². The molecule has 0 saturated carbocycles. The smallest absolute Gasteiger partial charge is 0.325 e. The molecule has 3 nitrogen and oxygen atoms in total. The normalized spacial score (nSPS) is 18.2. The van der Waals surface area contributed by atoms with E-state index in [0.717, 1.165) is 25.9 Å². The van der Waals surface area contributed by atoms with Crippen molar-refractivity contribution < 1.29 is 14.3 Å². The first-order chi connectivity index (χ1) is 8.09. The Morgan fingerprint density at radius 1 is 1.41 bits per heavy atom. The van der Waals surface area contributed by atoms with E-state index in [1.54, 1.807) is 0 Å². The number of carboxylic acids is 1. The topological polar surface area (TPSA) is 40.5 Å². The number of likely N-dealkylation sites (tertiary alicyclic amines) is 1. The molecule has 0 radical (unpaired) electrons. The summed E-state index contributed by atoms with van der Waals surface area (Å²) in [5.41, 5.74) is 0.612. The lowest BCUT2D eigenvalue weighted by Gasteiger charge is -2.24. The molecule has 0 amide bonds. The second-order valence-corrected chi connectivity index (χ2v) is 5.00. The van der Waals surface area contributed by atoms with Gasteiger partial charge in [-0.2, -0.15) is 0 Å². The van der Waals surface area contributed by atoms with Gasteiger partial charge in [-0.05, 0) is 43.6 Å². The third-order valence-corrected chi connectivity index (χ3v) is 3.68. The molecule has 5 heteroatoms. The van der Waals surface area contributed by atoms with Gasteiger partial charge in [-0.3, -0.25) is 9.69 Å². The second kappa shape index (κ2) is 5.14. The van der Waals surface area contributed by atoms with E-state index >= 15 is 0 Å². The zero-order valence-electron chi connectivity index (χ0n) is 9.20. The summed E-state index contributed by atoms with van der Waals surface area (Å²) in [5.74, 6) is -1.26. The number of carbonyl (C=O) groups is 1. The van der Waals surface area contributed by atoms with Crippen LogP contribution >= 0.6 is 15.9 Å². The number of halogens is 2. The summed E-state index contributed by atoms with van der Waals surface area (Å²) in [6.07, 6.45) is 2.03. The number of rotatable bonds is 3. The first-order valence-corrected chi connectivity index (χ1v) is 6.30. The van der Waals surface area contributed by atoms with Crippen LogP contribution in [0.25, 0.3) is 0 Å². The van der Waals surface area contributed by atoms with Gasteiger partial charge in [0.2, 0.25) is 0 Å². The highest BCUT2D eigenvalue weighted by atomic mass is 79.9. The Morgan fingerprint density at radius 2 is 2.06 bits per heavy atom. The summed E-state index contributed by atoms with van der Waals surface area (Å²) in [4.78, 5) is 13.3. The molecule has 1 aromatic carbocycles. The number of carboxylic acid groups (broad SMARTS) is 1. The summed E-state index contributed by atoms with van der Waals surface area (Å²) in [7, 11) is 0. The lowest BCUT2D eigenvalue weighted by molar-refractivity contribution is -0.143. The van der Waals surface area contributed by atoms with Crippen molar-refractivity contribution >= 4 is 21.9 Å². The van der Waals surface area contributed by atoms with Gasteiger partial charge >= 0.3 is 5.97 Å². The van der Waals surface area contributed by atoms with Gasteiger partial charge in [0.05, 0.1) is 0 Å². The summed E-state index contributed by atoms with van der Waals surface area (Å²) < 4.78 is 13.5. The zero-order valence-corrected chi connectivity index (χ0v) is 10.8. The average Bonchev–Trinajstić information content (AvgIpc) is 2.74. The fourth-order valence-electron chi connectivity index (χ4n) is 2.21. The van der Waals surface area contributed by atoms with Crippen LogP contribution in [0.5, 0.6) is 0 Å². The van der Waals surface area contributed by atoms with Crippen LogP contribution in [0.4, 0.5) is 4.39 Å². The van der Waals surface area contributed by atoms with Crippen LogP contribution < -0.4 is 0 Å². The Balaban J connectivity index is 2.35. The van der Waals surface area contributed by atoms with Crippen molar-refractivity contribution in [1.29, 1.82) is 0 Å². The predicted octanol–water partition coefficient (Wildman–Crippen LogP) is 2.81. The van der Waals surface area contributed by atoms with Gasteiger partial charge in [0.15, 0.2) is 0 Å². The van der Waals surface area contributed by atoms with Gasteiger partial charge in [-0.1, -0.05) is 22.0 Å². The Morgan fingerprint density at radius 3 is 2.59 bits per heavy atom. The van der Waals surface area contributed by atoms with E-state index in [4.69, 9.17) is 0 Å². The molecule has 0 aliphatic carbocycles. The van der Waals surface area contributed by atoms with E-state index < -0.39 is 12.0 Å². The second-order valence-electron chi connectivity index (χ2n) is 4.15. The molecule has 1 saturated heterocycles. The maximum absolute atomic E-state index is 13.0. The van der Waals surface area contributed by atoms with E-state index in [1.165, 1.54) is 18.2 Å². The fourth-order valence-corrected chi connectivity index (χ4v) is 2.78. The average molecular weight is 302 g/mol. The van der Waals surface area contributed by atoms with Crippen molar-refractivity contribution in [1.82, 2.24) is 4.90 Å². The van der Waals surface area contributed by atoms with E-state index in [-0.39, 0.29) is 5.82 Å². The SMILES string of the molecule is O=C(O)C(c1ccc(F)cc1Br)N1CCCC1. The van der Waals surface area contributed by atoms with Crippen molar-refractivity contribution in [2.45, 2.75) is 18.9 Å². The number of hydrogen-bond acceptors (Lipinski definition) is 2. The standard InChI is InChI=1S/C12H13BrFNO2/c13-10-7-8(14)3-4-9(10)11(12(16)17)15-5-1-2-6-15/h3-4,7,11H,1-2,5-6H2,(H,16,17). The van der Waals surface area contributed by atoms with Crippen molar-refractivity contribution in [2.75, 3.05) is 13.1 Å². The lowest BCUT2D eigenvalue weighted by atomic mass is 10.1. The van der Waals surface area contributed by atoms with Gasteiger partial charge < -0.3 is 5.11 Å². The van der Waals surface area contributed by atoms with Crippen LogP contribution in [0.3, 0.4) is 0 Å². The number of aliphatic carboxylic acids is 1. The third-order valence-electron chi connectivity index (χ3n) is 3.00. The molecule has 92 valence electrons. The van der Waals surface area contributed by atoms with Crippen LogP contribution in [0, 0.1) is 5.82 Å². The number of benzene rings is 1. The van der Waals surface area contributed by atoms with Gasteiger partial charge in [-0.25, -0.2) is 4.39 Å². The molecule has 1 aliphatic rings. The Labute approximate surface area is 107 Å². The Hall–Kier alpha value is -0.940. The zero-order chi connectivity index (χ0) is 12.4. The minimum absolute atomic E-state index is 0.369. The number of hydrogen-bond donors (Lipinski definition) is 1. The molecular weight excluding hydrogens is 289 g/mol. The molecule has 1 N–H and O–H groups in total. The first-order valence-electron chi connectivity index (χ1n) is 5.51. The van der Waals surface area contributed by atoms with Crippen molar-refractivity contribution in [3.63, 3.8) is 0 Å². The number of nitrogens with zero attached hydrogens (tertiary/aromatic N) is 1. The molecule has 17 heavy (non-hydrogen) atoms.